The lowest BCUT2D eigenvalue weighted by molar-refractivity contribution is 0.587. The molecular weight excluding hydrogens is 310 g/mol. The fourth-order valence-electron chi connectivity index (χ4n) is 1.57. The molecule has 0 unspecified atom stereocenters. The first-order chi connectivity index (χ1) is 8.88. The van der Waals surface area contributed by atoms with E-state index in [4.69, 9.17) is 23.2 Å². The van der Waals surface area contributed by atoms with E-state index >= 15 is 0 Å². The number of benzene rings is 2. The number of hydrogen-bond acceptors (Lipinski definition) is 2. The summed E-state index contributed by atoms with van der Waals surface area (Å²) in [6, 6.07) is 9.66. The highest BCUT2D eigenvalue weighted by molar-refractivity contribution is 7.90. The molecule has 19 heavy (non-hydrogen) atoms. The summed E-state index contributed by atoms with van der Waals surface area (Å²) < 4.78 is 37.8. The zero-order valence-corrected chi connectivity index (χ0v) is 11.9. The minimum atomic E-state index is -3.61. The van der Waals surface area contributed by atoms with Gasteiger partial charge in [-0.05, 0) is 36.4 Å². The Kier molecular flexibility index (Phi) is 4.13. The summed E-state index contributed by atoms with van der Waals surface area (Å²) in [5, 5.41) is 0.668. The molecule has 0 aliphatic carbocycles. The van der Waals surface area contributed by atoms with Gasteiger partial charge >= 0.3 is 0 Å². The summed E-state index contributed by atoms with van der Waals surface area (Å²) in [5.74, 6) is -1.05. The molecule has 0 amide bonds. The van der Waals surface area contributed by atoms with E-state index in [0.717, 1.165) is 6.07 Å². The molecule has 0 aromatic heterocycles. The molecule has 0 spiro atoms. The fourth-order valence-corrected chi connectivity index (χ4v) is 3.21. The standard InChI is InChI=1S/C13H9Cl2FO2S/c14-10-3-5-12(6-4-10)19(17,18)8-9-1-2-11(15)7-13(9)16/h1-7H,8H2. The summed E-state index contributed by atoms with van der Waals surface area (Å²) >= 11 is 11.3. The average molecular weight is 319 g/mol. The quantitative estimate of drug-likeness (QED) is 0.853. The molecule has 2 aromatic carbocycles. The maximum absolute atomic E-state index is 13.6. The lowest BCUT2D eigenvalue weighted by atomic mass is 10.2. The first-order valence-electron chi connectivity index (χ1n) is 5.31. The summed E-state index contributed by atoms with van der Waals surface area (Å²) in [6.07, 6.45) is 0. The van der Waals surface area contributed by atoms with Crippen LogP contribution in [0.4, 0.5) is 4.39 Å². The van der Waals surface area contributed by atoms with Crippen molar-refractivity contribution in [1.29, 1.82) is 0 Å². The van der Waals surface area contributed by atoms with Gasteiger partial charge in [0.05, 0.1) is 10.6 Å². The van der Waals surface area contributed by atoms with Crippen LogP contribution < -0.4 is 0 Å². The summed E-state index contributed by atoms with van der Waals surface area (Å²) in [7, 11) is -3.61. The second kappa shape index (κ2) is 5.49. The topological polar surface area (TPSA) is 34.1 Å². The lowest BCUT2D eigenvalue weighted by Gasteiger charge is -2.06. The van der Waals surface area contributed by atoms with Gasteiger partial charge in [0.15, 0.2) is 9.84 Å². The third-order valence-corrected chi connectivity index (χ3v) is 4.70. The van der Waals surface area contributed by atoms with Crippen molar-refractivity contribution in [2.45, 2.75) is 10.6 Å². The molecule has 0 atom stereocenters. The van der Waals surface area contributed by atoms with E-state index < -0.39 is 21.4 Å². The van der Waals surface area contributed by atoms with Gasteiger partial charge in [0.25, 0.3) is 0 Å². The van der Waals surface area contributed by atoms with Crippen LogP contribution in [-0.2, 0) is 15.6 Å². The molecule has 0 fully saturated rings. The molecule has 100 valence electrons. The van der Waals surface area contributed by atoms with E-state index in [0.29, 0.717) is 5.02 Å². The molecule has 6 heteroatoms. The Hall–Kier alpha value is -1.10. The first kappa shape index (κ1) is 14.3. The van der Waals surface area contributed by atoms with Gasteiger partial charge < -0.3 is 0 Å². The molecular formula is C13H9Cl2FO2S. The van der Waals surface area contributed by atoms with Crippen LogP contribution >= 0.6 is 23.2 Å². The van der Waals surface area contributed by atoms with Crippen molar-refractivity contribution in [3.05, 3.63) is 63.9 Å². The lowest BCUT2D eigenvalue weighted by Crippen LogP contribution is -2.06. The minimum absolute atomic E-state index is 0.0827. The molecule has 2 rings (SSSR count). The summed E-state index contributed by atoms with van der Waals surface area (Å²) in [4.78, 5) is 0.103. The van der Waals surface area contributed by atoms with Gasteiger partial charge in [0.1, 0.15) is 5.82 Å². The third-order valence-electron chi connectivity index (χ3n) is 2.53. The zero-order valence-electron chi connectivity index (χ0n) is 9.61. The molecule has 0 bridgehead atoms. The maximum Gasteiger partial charge on any atom is 0.182 e. The predicted octanol–water partition coefficient (Wildman–Crippen LogP) is 4.11. The van der Waals surface area contributed by atoms with Crippen LogP contribution in [0, 0.1) is 5.82 Å². The van der Waals surface area contributed by atoms with Crippen molar-refractivity contribution < 1.29 is 12.8 Å². The number of rotatable bonds is 3. The van der Waals surface area contributed by atoms with Gasteiger partial charge in [-0.3, -0.25) is 0 Å². The Morgan fingerprint density at radius 2 is 1.53 bits per heavy atom. The molecule has 0 saturated carbocycles. The van der Waals surface area contributed by atoms with Gasteiger partial charge in [-0.2, -0.15) is 0 Å². The van der Waals surface area contributed by atoms with Crippen molar-refractivity contribution in [3.8, 4) is 0 Å². The molecule has 2 aromatic rings. The summed E-state index contributed by atoms with van der Waals surface area (Å²) in [5.41, 5.74) is 0.0827. The van der Waals surface area contributed by atoms with E-state index in [1.54, 1.807) is 0 Å². The molecule has 0 radical (unpaired) electrons. The van der Waals surface area contributed by atoms with Gasteiger partial charge in [0, 0.05) is 15.6 Å². The van der Waals surface area contributed by atoms with Crippen LogP contribution in [0.25, 0.3) is 0 Å². The molecule has 0 aliphatic rings. The molecule has 2 nitrogen and oxygen atoms in total. The van der Waals surface area contributed by atoms with Crippen molar-refractivity contribution in [2.24, 2.45) is 0 Å². The predicted molar refractivity (Wildman–Crippen MR) is 73.8 cm³/mol. The zero-order chi connectivity index (χ0) is 14.0. The van der Waals surface area contributed by atoms with Crippen molar-refractivity contribution in [1.82, 2.24) is 0 Å². The molecule has 0 aliphatic heterocycles. The van der Waals surface area contributed by atoms with Gasteiger partial charge in [-0.25, -0.2) is 12.8 Å². The SMILES string of the molecule is O=S(=O)(Cc1ccc(Cl)cc1F)c1ccc(Cl)cc1. The van der Waals surface area contributed by atoms with E-state index in [2.05, 4.69) is 0 Å². The fraction of sp³-hybridized carbons (Fsp3) is 0.0769. The van der Waals surface area contributed by atoms with Crippen LogP contribution in [-0.4, -0.2) is 8.42 Å². The Labute approximate surface area is 120 Å². The smallest absolute Gasteiger partial charge is 0.182 e. The second-order valence-electron chi connectivity index (χ2n) is 3.95. The third kappa shape index (κ3) is 3.47. The number of sulfone groups is 1. The number of halogens is 3. The highest BCUT2D eigenvalue weighted by Crippen LogP contribution is 2.22. The Bertz CT molecular complexity index is 697. The van der Waals surface area contributed by atoms with Crippen LogP contribution in [0.15, 0.2) is 47.4 Å². The van der Waals surface area contributed by atoms with Crippen LogP contribution in [0.3, 0.4) is 0 Å². The first-order valence-corrected chi connectivity index (χ1v) is 7.71. The monoisotopic (exact) mass is 318 g/mol. The normalized spacial score (nSPS) is 11.5. The largest absolute Gasteiger partial charge is 0.223 e. The Balaban J connectivity index is 2.33. The second-order valence-corrected chi connectivity index (χ2v) is 6.81. The van der Waals surface area contributed by atoms with E-state index in [1.165, 1.54) is 36.4 Å². The van der Waals surface area contributed by atoms with Gasteiger partial charge in [-0.1, -0.05) is 29.3 Å². The molecule has 0 N–H and O–H groups in total. The summed E-state index contributed by atoms with van der Waals surface area (Å²) in [6.45, 7) is 0. The van der Waals surface area contributed by atoms with E-state index in [1.807, 2.05) is 0 Å². The van der Waals surface area contributed by atoms with Gasteiger partial charge in [0.2, 0.25) is 0 Å². The maximum atomic E-state index is 13.6. The van der Waals surface area contributed by atoms with Crippen molar-refractivity contribution in [2.75, 3.05) is 0 Å². The van der Waals surface area contributed by atoms with E-state index in [9.17, 15) is 12.8 Å². The molecule has 0 heterocycles. The van der Waals surface area contributed by atoms with Crippen molar-refractivity contribution >= 4 is 33.0 Å². The number of hydrogen-bond donors (Lipinski definition) is 0. The van der Waals surface area contributed by atoms with Crippen LogP contribution in [0.5, 0.6) is 0 Å². The van der Waals surface area contributed by atoms with Crippen LogP contribution in [0.1, 0.15) is 5.56 Å². The van der Waals surface area contributed by atoms with Gasteiger partial charge in [-0.15, -0.1) is 0 Å². The average Bonchev–Trinajstić information content (AvgIpc) is 2.33. The highest BCUT2D eigenvalue weighted by atomic mass is 35.5. The Morgan fingerprint density at radius 3 is 2.11 bits per heavy atom. The Morgan fingerprint density at radius 1 is 0.947 bits per heavy atom. The van der Waals surface area contributed by atoms with E-state index in [-0.39, 0.29) is 15.5 Å². The highest BCUT2D eigenvalue weighted by Gasteiger charge is 2.17. The minimum Gasteiger partial charge on any atom is -0.223 e. The molecule has 0 saturated heterocycles. The van der Waals surface area contributed by atoms with Crippen LogP contribution in [0.2, 0.25) is 10.0 Å². The van der Waals surface area contributed by atoms with Crippen molar-refractivity contribution in [3.63, 3.8) is 0 Å².